The summed E-state index contributed by atoms with van der Waals surface area (Å²) < 4.78 is 27.6. The molecule has 142 valence electrons. The molecule has 0 atom stereocenters. The molecule has 2 aromatic rings. The van der Waals surface area contributed by atoms with E-state index in [4.69, 9.17) is 11.6 Å². The largest absolute Gasteiger partial charge is 0.268 e. The van der Waals surface area contributed by atoms with E-state index in [0.717, 1.165) is 29.7 Å². The third-order valence-corrected chi connectivity index (χ3v) is 5.92. The number of nitrogens with one attached hydrogen (secondary N) is 2. The van der Waals surface area contributed by atoms with Gasteiger partial charge in [-0.3, -0.25) is 4.79 Å². The lowest BCUT2D eigenvalue weighted by Crippen LogP contribution is -2.29. The minimum Gasteiger partial charge on any atom is -0.268 e. The number of alkyl halides is 1. The maximum absolute atomic E-state index is 12.5. The summed E-state index contributed by atoms with van der Waals surface area (Å²) in [6.45, 7) is 3.80. The van der Waals surface area contributed by atoms with Crippen molar-refractivity contribution in [2.45, 2.75) is 51.0 Å². The Bertz CT molecular complexity index is 893. The Morgan fingerprint density at radius 3 is 2.38 bits per heavy atom. The molecule has 0 aliphatic heterocycles. The molecule has 0 unspecified atom stereocenters. The van der Waals surface area contributed by atoms with Crippen molar-refractivity contribution in [3.8, 4) is 0 Å². The van der Waals surface area contributed by atoms with Gasteiger partial charge in [-0.2, -0.15) is 5.10 Å². The molecule has 8 heteroatoms. The van der Waals surface area contributed by atoms with Gasteiger partial charge in [-0.1, -0.05) is 26.0 Å². The van der Waals surface area contributed by atoms with Crippen LogP contribution in [0.1, 0.15) is 42.7 Å². The van der Waals surface area contributed by atoms with Crippen molar-refractivity contribution in [2.24, 2.45) is 0 Å². The minimum atomic E-state index is -3.71. The molecule has 26 heavy (non-hydrogen) atoms. The standard InChI is InChI=1S/C18H24ClN3O3S/c1-3-15-16(18(23)22-21-17(15)4-2)12-20-26(24,25)14-9-7-13(8-10-14)6-5-11-19/h7-10,20H,3-6,11-12H2,1-2H3,(H,22,23). The molecule has 1 aromatic carbocycles. The second-order valence-corrected chi connectivity index (χ2v) is 8.07. The predicted octanol–water partition coefficient (Wildman–Crippen LogP) is 2.54. The highest BCUT2D eigenvalue weighted by atomic mass is 35.5. The van der Waals surface area contributed by atoms with Crippen LogP contribution in [0.2, 0.25) is 0 Å². The van der Waals surface area contributed by atoms with Crippen LogP contribution in [-0.4, -0.2) is 24.5 Å². The van der Waals surface area contributed by atoms with Gasteiger partial charge in [0.2, 0.25) is 10.0 Å². The number of sulfonamides is 1. The van der Waals surface area contributed by atoms with Gasteiger partial charge in [-0.15, -0.1) is 11.6 Å². The lowest BCUT2D eigenvalue weighted by molar-refractivity contribution is 0.580. The van der Waals surface area contributed by atoms with Crippen LogP contribution in [0.15, 0.2) is 34.0 Å². The van der Waals surface area contributed by atoms with Crippen molar-refractivity contribution in [1.29, 1.82) is 0 Å². The first-order chi connectivity index (χ1) is 12.4. The van der Waals surface area contributed by atoms with Gasteiger partial charge in [0.1, 0.15) is 0 Å². The summed E-state index contributed by atoms with van der Waals surface area (Å²) in [6.07, 6.45) is 2.94. The Morgan fingerprint density at radius 1 is 1.12 bits per heavy atom. The van der Waals surface area contributed by atoms with Crippen molar-refractivity contribution >= 4 is 21.6 Å². The topological polar surface area (TPSA) is 91.9 Å². The van der Waals surface area contributed by atoms with Gasteiger partial charge in [0, 0.05) is 18.0 Å². The van der Waals surface area contributed by atoms with Gasteiger partial charge in [0.15, 0.2) is 0 Å². The zero-order chi connectivity index (χ0) is 19.2. The van der Waals surface area contributed by atoms with Crippen LogP contribution in [0.5, 0.6) is 0 Å². The number of H-pyrrole nitrogens is 1. The van der Waals surface area contributed by atoms with Gasteiger partial charge in [-0.05, 0) is 48.9 Å². The van der Waals surface area contributed by atoms with E-state index < -0.39 is 10.0 Å². The van der Waals surface area contributed by atoms with Crippen LogP contribution in [0, 0.1) is 0 Å². The van der Waals surface area contributed by atoms with E-state index in [1.807, 2.05) is 13.8 Å². The molecule has 0 amide bonds. The normalized spacial score (nSPS) is 11.7. The van der Waals surface area contributed by atoms with Crippen LogP contribution < -0.4 is 10.3 Å². The zero-order valence-corrected chi connectivity index (χ0v) is 16.6. The van der Waals surface area contributed by atoms with Gasteiger partial charge in [-0.25, -0.2) is 18.2 Å². The van der Waals surface area contributed by atoms with Gasteiger partial charge >= 0.3 is 0 Å². The lowest BCUT2D eigenvalue weighted by Gasteiger charge is -2.12. The number of hydrogen-bond donors (Lipinski definition) is 2. The number of benzene rings is 1. The zero-order valence-electron chi connectivity index (χ0n) is 15.0. The molecule has 6 nitrogen and oxygen atoms in total. The monoisotopic (exact) mass is 397 g/mol. The highest BCUT2D eigenvalue weighted by Gasteiger charge is 2.17. The second-order valence-electron chi connectivity index (χ2n) is 5.92. The van der Waals surface area contributed by atoms with Crippen LogP contribution in [-0.2, 0) is 35.8 Å². The second kappa shape index (κ2) is 9.30. The van der Waals surface area contributed by atoms with E-state index in [1.54, 1.807) is 24.3 Å². The molecular weight excluding hydrogens is 374 g/mol. The highest BCUT2D eigenvalue weighted by molar-refractivity contribution is 7.89. The number of hydrogen-bond acceptors (Lipinski definition) is 4. The molecule has 1 heterocycles. The van der Waals surface area contributed by atoms with Crippen LogP contribution >= 0.6 is 11.6 Å². The number of aromatic nitrogens is 2. The molecule has 2 rings (SSSR count). The first-order valence-corrected chi connectivity index (χ1v) is 10.7. The third kappa shape index (κ3) is 4.93. The summed E-state index contributed by atoms with van der Waals surface area (Å²) in [5.41, 5.74) is 2.68. The van der Waals surface area contributed by atoms with E-state index in [0.29, 0.717) is 24.3 Å². The molecule has 0 radical (unpaired) electrons. The first-order valence-electron chi connectivity index (χ1n) is 8.66. The summed E-state index contributed by atoms with van der Waals surface area (Å²) in [5.74, 6) is 0.571. The smallest absolute Gasteiger partial charge is 0.268 e. The molecule has 0 bridgehead atoms. The molecule has 0 saturated heterocycles. The number of rotatable bonds is 9. The SMILES string of the molecule is CCc1n[nH]c(=O)c(CNS(=O)(=O)c2ccc(CCCCl)cc2)c1CC. The maximum Gasteiger partial charge on any atom is 0.268 e. The van der Waals surface area contributed by atoms with E-state index in [2.05, 4.69) is 14.9 Å². The molecule has 0 fully saturated rings. The van der Waals surface area contributed by atoms with Gasteiger partial charge in [0.05, 0.1) is 10.6 Å². The molecule has 0 aliphatic rings. The van der Waals surface area contributed by atoms with Crippen LogP contribution in [0.4, 0.5) is 0 Å². The van der Waals surface area contributed by atoms with E-state index in [1.165, 1.54) is 0 Å². The van der Waals surface area contributed by atoms with E-state index in [-0.39, 0.29) is 17.0 Å². The van der Waals surface area contributed by atoms with Crippen molar-refractivity contribution in [3.63, 3.8) is 0 Å². The summed E-state index contributed by atoms with van der Waals surface area (Å²) in [4.78, 5) is 12.3. The average Bonchev–Trinajstić information content (AvgIpc) is 2.65. The number of aryl methyl sites for hydroxylation is 2. The first kappa shape index (κ1) is 20.6. The number of aromatic amines is 1. The van der Waals surface area contributed by atoms with Crippen molar-refractivity contribution < 1.29 is 8.42 Å². The lowest BCUT2D eigenvalue weighted by atomic mass is 10.0. The van der Waals surface area contributed by atoms with Crippen molar-refractivity contribution in [2.75, 3.05) is 5.88 Å². The number of nitrogens with zero attached hydrogens (tertiary/aromatic N) is 1. The quantitative estimate of drug-likeness (QED) is 0.636. The van der Waals surface area contributed by atoms with E-state index >= 15 is 0 Å². The molecule has 1 aromatic heterocycles. The fourth-order valence-corrected chi connectivity index (χ4v) is 3.95. The van der Waals surface area contributed by atoms with Crippen LogP contribution in [0.25, 0.3) is 0 Å². The van der Waals surface area contributed by atoms with Crippen molar-refractivity contribution in [3.05, 3.63) is 57.0 Å². The molecular formula is C18H24ClN3O3S. The third-order valence-electron chi connectivity index (χ3n) is 4.24. The summed E-state index contributed by atoms with van der Waals surface area (Å²) >= 11 is 5.68. The van der Waals surface area contributed by atoms with Gasteiger partial charge < -0.3 is 0 Å². The minimum absolute atomic E-state index is 0.0651. The van der Waals surface area contributed by atoms with Gasteiger partial charge in [0.25, 0.3) is 5.56 Å². The highest BCUT2D eigenvalue weighted by Crippen LogP contribution is 2.14. The Balaban J connectivity index is 2.19. The Hall–Kier alpha value is -1.70. The summed E-state index contributed by atoms with van der Waals surface area (Å²) in [6, 6.07) is 6.71. The molecule has 0 saturated carbocycles. The molecule has 0 aliphatic carbocycles. The Morgan fingerprint density at radius 2 is 1.81 bits per heavy atom. The van der Waals surface area contributed by atoms with Crippen LogP contribution in [0.3, 0.4) is 0 Å². The maximum atomic E-state index is 12.5. The fourth-order valence-electron chi connectivity index (χ4n) is 2.82. The Labute approximate surface area is 159 Å². The van der Waals surface area contributed by atoms with Crippen molar-refractivity contribution in [1.82, 2.24) is 14.9 Å². The Kier molecular flexibility index (Phi) is 7.37. The fraction of sp³-hybridized carbons (Fsp3) is 0.444. The molecule has 0 spiro atoms. The number of halogens is 1. The summed E-state index contributed by atoms with van der Waals surface area (Å²) in [7, 11) is -3.71. The van der Waals surface area contributed by atoms with E-state index in [9.17, 15) is 13.2 Å². The molecule has 2 N–H and O–H groups in total. The average molecular weight is 398 g/mol. The summed E-state index contributed by atoms with van der Waals surface area (Å²) in [5, 5.41) is 6.49. The predicted molar refractivity (Wildman–Crippen MR) is 103 cm³/mol.